The largest absolute Gasteiger partial charge is 0.497 e. The maximum absolute atomic E-state index is 12.8. The van der Waals surface area contributed by atoms with Crippen molar-refractivity contribution in [3.05, 3.63) is 29.8 Å². The molecular weight excluding hydrogens is 360 g/mol. The smallest absolute Gasteiger partial charge is 0.410 e. The fourth-order valence-corrected chi connectivity index (χ4v) is 2.93. The zero-order chi connectivity index (χ0) is 21.1. The molecule has 0 bridgehead atoms. The second-order valence-corrected chi connectivity index (χ2v) is 8.89. The molecule has 0 N–H and O–H groups in total. The van der Waals surface area contributed by atoms with Gasteiger partial charge in [0.2, 0.25) is 0 Å². The maximum Gasteiger partial charge on any atom is 0.410 e. The summed E-state index contributed by atoms with van der Waals surface area (Å²) in [6.45, 7) is 12.1. The van der Waals surface area contributed by atoms with Crippen LogP contribution in [0, 0.1) is 0 Å². The minimum atomic E-state index is -0.593. The van der Waals surface area contributed by atoms with E-state index in [1.807, 2.05) is 65.8 Å². The molecular formula is C21H32N2O5. The number of amides is 2. The van der Waals surface area contributed by atoms with Crippen LogP contribution in [-0.2, 0) is 9.47 Å². The first-order valence-corrected chi connectivity index (χ1v) is 9.51. The molecule has 28 heavy (non-hydrogen) atoms. The number of rotatable bonds is 2. The van der Waals surface area contributed by atoms with Crippen molar-refractivity contribution in [3.63, 3.8) is 0 Å². The highest BCUT2D eigenvalue weighted by Crippen LogP contribution is 2.29. The number of hydrogen-bond donors (Lipinski definition) is 0. The fourth-order valence-electron chi connectivity index (χ4n) is 2.93. The summed E-state index contributed by atoms with van der Waals surface area (Å²) in [5, 5.41) is 0. The minimum Gasteiger partial charge on any atom is -0.497 e. The zero-order valence-electron chi connectivity index (χ0n) is 17.9. The molecule has 0 radical (unpaired) electrons. The molecule has 2 rings (SSSR count). The molecule has 0 aliphatic carbocycles. The number of hydrogen-bond acceptors (Lipinski definition) is 5. The highest BCUT2D eigenvalue weighted by Gasteiger charge is 2.37. The second kappa shape index (κ2) is 8.29. The topological polar surface area (TPSA) is 68.3 Å². The van der Waals surface area contributed by atoms with Gasteiger partial charge in [0.05, 0.1) is 13.2 Å². The van der Waals surface area contributed by atoms with Crippen molar-refractivity contribution in [2.45, 2.75) is 58.8 Å². The number of carbonyl (C=O) groups excluding carboxylic acids is 2. The highest BCUT2D eigenvalue weighted by atomic mass is 16.6. The third-order valence-corrected chi connectivity index (χ3v) is 4.16. The summed E-state index contributed by atoms with van der Waals surface area (Å²) in [6, 6.07) is 7.16. The van der Waals surface area contributed by atoms with Gasteiger partial charge in [0.25, 0.3) is 0 Å². The minimum absolute atomic E-state index is 0.331. The lowest BCUT2D eigenvalue weighted by Crippen LogP contribution is -2.54. The van der Waals surface area contributed by atoms with Crippen molar-refractivity contribution < 1.29 is 23.8 Å². The summed E-state index contributed by atoms with van der Waals surface area (Å²) in [5.41, 5.74) is -0.265. The van der Waals surface area contributed by atoms with Gasteiger partial charge in [-0.3, -0.25) is 4.90 Å². The van der Waals surface area contributed by atoms with Crippen LogP contribution < -0.4 is 4.74 Å². The maximum atomic E-state index is 12.8. The van der Waals surface area contributed by atoms with E-state index in [9.17, 15) is 9.59 Å². The Balaban J connectivity index is 2.25. The van der Waals surface area contributed by atoms with Crippen LogP contribution in [0.3, 0.4) is 0 Å². The zero-order valence-corrected chi connectivity index (χ0v) is 17.9. The molecule has 1 heterocycles. The van der Waals surface area contributed by atoms with Crippen LogP contribution in [-0.4, -0.2) is 59.9 Å². The van der Waals surface area contributed by atoms with Gasteiger partial charge in [-0.2, -0.15) is 0 Å². The van der Waals surface area contributed by atoms with Crippen LogP contribution in [0.4, 0.5) is 9.59 Å². The Bertz CT molecular complexity index is 688. The molecule has 2 amide bonds. The third-order valence-electron chi connectivity index (χ3n) is 4.16. The van der Waals surface area contributed by atoms with Gasteiger partial charge < -0.3 is 19.1 Å². The van der Waals surface area contributed by atoms with Crippen LogP contribution in [0.25, 0.3) is 0 Å². The first-order chi connectivity index (χ1) is 12.9. The van der Waals surface area contributed by atoms with Gasteiger partial charge in [-0.25, -0.2) is 9.59 Å². The third kappa shape index (κ3) is 6.04. The molecule has 1 atom stereocenters. The van der Waals surface area contributed by atoms with Gasteiger partial charge in [0, 0.05) is 19.6 Å². The summed E-state index contributed by atoms with van der Waals surface area (Å²) >= 11 is 0. The van der Waals surface area contributed by atoms with E-state index >= 15 is 0 Å². The summed E-state index contributed by atoms with van der Waals surface area (Å²) < 4.78 is 16.3. The number of methoxy groups -OCH3 is 1. The molecule has 1 aromatic carbocycles. The second-order valence-electron chi connectivity index (χ2n) is 8.89. The summed E-state index contributed by atoms with van der Waals surface area (Å²) in [6.07, 6.45) is -0.771. The Morgan fingerprint density at radius 1 is 0.893 bits per heavy atom. The average molecular weight is 392 g/mol. The van der Waals surface area contributed by atoms with Gasteiger partial charge in [-0.05, 0) is 59.2 Å². The molecule has 156 valence electrons. The van der Waals surface area contributed by atoms with E-state index in [0.717, 1.165) is 11.3 Å². The van der Waals surface area contributed by atoms with E-state index in [-0.39, 0.29) is 12.1 Å². The molecule has 0 aromatic heterocycles. The number of piperazine rings is 1. The van der Waals surface area contributed by atoms with Crippen LogP contribution in [0.2, 0.25) is 0 Å². The van der Waals surface area contributed by atoms with Crippen molar-refractivity contribution in [1.82, 2.24) is 9.80 Å². The van der Waals surface area contributed by atoms with Crippen molar-refractivity contribution in [2.75, 3.05) is 26.7 Å². The van der Waals surface area contributed by atoms with Gasteiger partial charge in [0.15, 0.2) is 0 Å². The molecule has 1 fully saturated rings. The normalized spacial score (nSPS) is 17.9. The summed E-state index contributed by atoms with van der Waals surface area (Å²) in [7, 11) is 1.60. The number of ether oxygens (including phenoxy) is 3. The molecule has 7 heteroatoms. The Labute approximate surface area is 167 Å². The number of carbonyl (C=O) groups is 2. The van der Waals surface area contributed by atoms with E-state index < -0.39 is 17.3 Å². The molecule has 1 aliphatic heterocycles. The van der Waals surface area contributed by atoms with Crippen LogP contribution >= 0.6 is 0 Å². The van der Waals surface area contributed by atoms with E-state index in [1.165, 1.54) is 0 Å². The monoisotopic (exact) mass is 392 g/mol. The summed E-state index contributed by atoms with van der Waals surface area (Å²) in [5.74, 6) is 0.729. The average Bonchev–Trinajstić information content (AvgIpc) is 2.58. The molecule has 7 nitrogen and oxygen atoms in total. The standard InChI is InChI=1S/C21H32N2O5/c1-20(2,3)27-18(24)22-12-13-23(19(25)28-21(4,5)6)17(14-22)15-8-10-16(26-7)11-9-15/h8-11,17H,12-14H2,1-7H3/t17-/m1/s1. The first-order valence-electron chi connectivity index (χ1n) is 9.51. The van der Waals surface area contributed by atoms with Gasteiger partial charge in [-0.15, -0.1) is 0 Å². The molecule has 1 saturated heterocycles. The van der Waals surface area contributed by atoms with E-state index in [1.54, 1.807) is 16.9 Å². The molecule has 0 spiro atoms. The van der Waals surface area contributed by atoms with Crippen LogP contribution in [0.1, 0.15) is 53.1 Å². The van der Waals surface area contributed by atoms with Gasteiger partial charge in [0.1, 0.15) is 17.0 Å². The lowest BCUT2D eigenvalue weighted by molar-refractivity contribution is -0.0152. The SMILES string of the molecule is COc1ccc([C@H]2CN(C(=O)OC(C)(C)C)CCN2C(=O)OC(C)(C)C)cc1. The number of benzene rings is 1. The van der Waals surface area contributed by atoms with E-state index in [2.05, 4.69) is 0 Å². The van der Waals surface area contributed by atoms with Crippen molar-refractivity contribution >= 4 is 12.2 Å². The predicted octanol–water partition coefficient (Wildman–Crippen LogP) is 4.22. The number of nitrogens with zero attached hydrogens (tertiary/aromatic N) is 2. The fraction of sp³-hybridized carbons (Fsp3) is 0.619. The Morgan fingerprint density at radius 2 is 1.43 bits per heavy atom. The Hall–Kier alpha value is -2.44. The predicted molar refractivity (Wildman–Crippen MR) is 106 cm³/mol. The molecule has 0 unspecified atom stereocenters. The molecule has 1 aromatic rings. The lowest BCUT2D eigenvalue weighted by Gasteiger charge is -2.42. The highest BCUT2D eigenvalue weighted by molar-refractivity contribution is 5.71. The quantitative estimate of drug-likeness (QED) is 0.754. The lowest BCUT2D eigenvalue weighted by atomic mass is 10.0. The first kappa shape index (κ1) is 21.9. The molecule has 0 saturated carbocycles. The van der Waals surface area contributed by atoms with E-state index in [0.29, 0.717) is 19.6 Å². The van der Waals surface area contributed by atoms with Crippen LogP contribution in [0.15, 0.2) is 24.3 Å². The van der Waals surface area contributed by atoms with Crippen LogP contribution in [0.5, 0.6) is 5.75 Å². The van der Waals surface area contributed by atoms with Crippen molar-refractivity contribution in [2.24, 2.45) is 0 Å². The van der Waals surface area contributed by atoms with Gasteiger partial charge in [-0.1, -0.05) is 12.1 Å². The summed E-state index contributed by atoms with van der Waals surface area (Å²) in [4.78, 5) is 28.6. The van der Waals surface area contributed by atoms with Crippen molar-refractivity contribution in [3.8, 4) is 5.75 Å². The van der Waals surface area contributed by atoms with Gasteiger partial charge >= 0.3 is 12.2 Å². The molecule has 1 aliphatic rings. The van der Waals surface area contributed by atoms with E-state index in [4.69, 9.17) is 14.2 Å². The Morgan fingerprint density at radius 3 is 1.93 bits per heavy atom. The Kier molecular flexibility index (Phi) is 6.47. The van der Waals surface area contributed by atoms with Crippen molar-refractivity contribution in [1.29, 1.82) is 0 Å².